The van der Waals surface area contributed by atoms with Gasteiger partial charge >= 0.3 is 6.18 Å². The van der Waals surface area contributed by atoms with E-state index in [-0.39, 0.29) is 22.9 Å². The molecule has 0 radical (unpaired) electrons. The minimum Gasteiger partial charge on any atom is -0.508 e. The van der Waals surface area contributed by atoms with Gasteiger partial charge in [0.05, 0.1) is 16.9 Å². The van der Waals surface area contributed by atoms with Crippen molar-refractivity contribution in [2.75, 3.05) is 5.73 Å². The van der Waals surface area contributed by atoms with Crippen LogP contribution in [0.25, 0.3) is 10.9 Å². The topological polar surface area (TPSA) is 105 Å². The molecular formula is C19H21F3N4O2. The van der Waals surface area contributed by atoms with Gasteiger partial charge in [-0.3, -0.25) is 0 Å². The molecule has 0 aliphatic carbocycles. The van der Waals surface area contributed by atoms with Crippen LogP contribution in [0.3, 0.4) is 0 Å². The minimum absolute atomic E-state index is 0.0800. The Morgan fingerprint density at radius 2 is 1.64 bits per heavy atom. The lowest BCUT2D eigenvalue weighted by Gasteiger charge is -2.06. The van der Waals surface area contributed by atoms with Gasteiger partial charge in [-0.2, -0.15) is 13.2 Å². The first-order chi connectivity index (χ1) is 13.2. The molecule has 0 spiro atoms. The number of hydrogen-bond donors (Lipinski definition) is 3. The van der Waals surface area contributed by atoms with Gasteiger partial charge in [0.25, 0.3) is 0 Å². The lowest BCUT2D eigenvalue weighted by atomic mass is 10.2. The van der Waals surface area contributed by atoms with Gasteiger partial charge in [0.15, 0.2) is 0 Å². The molecule has 0 amide bonds. The first-order valence-electron chi connectivity index (χ1n) is 8.26. The van der Waals surface area contributed by atoms with E-state index in [0.29, 0.717) is 0 Å². The number of halogens is 3. The fourth-order valence-electron chi connectivity index (χ4n) is 1.85. The zero-order chi connectivity index (χ0) is 21.3. The third kappa shape index (κ3) is 6.75. The van der Waals surface area contributed by atoms with Crippen molar-refractivity contribution in [3.05, 3.63) is 48.9 Å². The van der Waals surface area contributed by atoms with E-state index in [1.54, 1.807) is 24.4 Å². The summed E-state index contributed by atoms with van der Waals surface area (Å²) < 4.78 is 36.4. The van der Waals surface area contributed by atoms with E-state index in [1.165, 1.54) is 18.5 Å². The molecule has 28 heavy (non-hydrogen) atoms. The average molecular weight is 394 g/mol. The van der Waals surface area contributed by atoms with E-state index in [4.69, 9.17) is 15.9 Å². The molecule has 1 heterocycles. The maximum absolute atomic E-state index is 12.1. The van der Waals surface area contributed by atoms with Crippen molar-refractivity contribution in [3.63, 3.8) is 0 Å². The zero-order valence-electron chi connectivity index (χ0n) is 15.6. The van der Waals surface area contributed by atoms with E-state index in [0.717, 1.165) is 23.9 Å². The monoisotopic (exact) mass is 394 g/mol. The highest BCUT2D eigenvalue weighted by atomic mass is 19.4. The molecule has 4 N–H and O–H groups in total. The van der Waals surface area contributed by atoms with E-state index in [1.807, 2.05) is 13.8 Å². The molecular weight excluding hydrogens is 373 g/mol. The van der Waals surface area contributed by atoms with Crippen molar-refractivity contribution < 1.29 is 23.4 Å². The van der Waals surface area contributed by atoms with Crippen molar-refractivity contribution in [2.24, 2.45) is 4.99 Å². The lowest BCUT2D eigenvalue weighted by Crippen LogP contribution is -2.18. The summed E-state index contributed by atoms with van der Waals surface area (Å²) in [5, 5.41) is 19.0. The molecule has 150 valence electrons. The first kappa shape index (κ1) is 22.7. The summed E-state index contributed by atoms with van der Waals surface area (Å²) >= 11 is 0. The number of nitrogens with two attached hydrogens (primary N) is 1. The standard InChI is InChI=1S/C9H9F3N2O.C8H6N2O.C2H6/c1-5(9(10,11)12)14-8-4-6(15)2-3-7(8)13;11-7-1-2-8-6(3-7)4-9-5-10-8;1-2/h2-4,15H,13H2,1H3;1-5,11H;1-2H3. The van der Waals surface area contributed by atoms with E-state index >= 15 is 0 Å². The molecule has 3 rings (SSSR count). The number of phenolic OH excluding ortho intramolecular Hbond substituents is 2. The van der Waals surface area contributed by atoms with E-state index in [2.05, 4.69) is 15.0 Å². The second kappa shape index (κ2) is 10.1. The molecule has 9 heteroatoms. The smallest absolute Gasteiger partial charge is 0.429 e. The fraction of sp³-hybridized carbons (Fsp3) is 0.211. The van der Waals surface area contributed by atoms with Crippen molar-refractivity contribution >= 4 is 28.0 Å². The molecule has 1 aromatic heterocycles. The summed E-state index contributed by atoms with van der Waals surface area (Å²) in [4.78, 5) is 11.1. The molecule has 0 bridgehead atoms. The summed E-state index contributed by atoms with van der Waals surface area (Å²) in [6.07, 6.45) is -1.33. The van der Waals surface area contributed by atoms with Crippen molar-refractivity contribution in [3.8, 4) is 11.5 Å². The summed E-state index contributed by atoms with van der Waals surface area (Å²) in [5.74, 6) is 0.0604. The number of aromatic hydroxyl groups is 2. The predicted octanol–water partition coefficient (Wildman–Crippen LogP) is 4.99. The van der Waals surface area contributed by atoms with E-state index in [9.17, 15) is 13.2 Å². The highest BCUT2D eigenvalue weighted by Crippen LogP contribution is 2.29. The van der Waals surface area contributed by atoms with Crippen LogP contribution in [0.2, 0.25) is 0 Å². The Hall–Kier alpha value is -3.36. The minimum atomic E-state index is -4.49. The summed E-state index contributed by atoms with van der Waals surface area (Å²) in [7, 11) is 0. The molecule has 0 aliphatic heterocycles. The number of anilines is 1. The van der Waals surface area contributed by atoms with Crippen molar-refractivity contribution in [1.82, 2.24) is 9.97 Å². The number of alkyl halides is 3. The molecule has 0 saturated heterocycles. The molecule has 6 nitrogen and oxygen atoms in total. The highest BCUT2D eigenvalue weighted by Gasteiger charge is 2.32. The van der Waals surface area contributed by atoms with Gasteiger partial charge in [-0.15, -0.1) is 0 Å². The van der Waals surface area contributed by atoms with Crippen LogP contribution in [-0.2, 0) is 0 Å². The Balaban J connectivity index is 0.000000266. The fourth-order valence-corrected chi connectivity index (χ4v) is 1.85. The molecule has 0 fully saturated rings. The lowest BCUT2D eigenvalue weighted by molar-refractivity contribution is -0.0591. The number of benzene rings is 2. The summed E-state index contributed by atoms with van der Waals surface area (Å²) in [5.41, 5.74) is 5.21. The van der Waals surface area contributed by atoms with Crippen LogP contribution in [0.1, 0.15) is 20.8 Å². The van der Waals surface area contributed by atoms with Crippen molar-refractivity contribution in [1.29, 1.82) is 0 Å². The van der Waals surface area contributed by atoms with Gasteiger partial charge in [0.1, 0.15) is 23.5 Å². The number of fused-ring (bicyclic) bond motifs is 1. The average Bonchev–Trinajstić information content (AvgIpc) is 2.66. The third-order valence-electron chi connectivity index (χ3n) is 3.20. The molecule has 0 aliphatic rings. The van der Waals surface area contributed by atoms with Crippen molar-refractivity contribution in [2.45, 2.75) is 26.9 Å². The molecule has 0 saturated carbocycles. The predicted molar refractivity (Wildman–Crippen MR) is 104 cm³/mol. The van der Waals surface area contributed by atoms with Gasteiger partial charge in [0, 0.05) is 17.6 Å². The maximum atomic E-state index is 12.1. The van der Waals surface area contributed by atoms with Gasteiger partial charge in [0.2, 0.25) is 0 Å². The molecule has 0 atom stereocenters. The number of hydrogen-bond acceptors (Lipinski definition) is 6. The summed E-state index contributed by atoms with van der Waals surface area (Å²) in [6.45, 7) is 4.84. The zero-order valence-corrected chi connectivity index (χ0v) is 15.6. The quantitative estimate of drug-likeness (QED) is 0.306. The van der Waals surface area contributed by atoms with Crippen LogP contribution >= 0.6 is 0 Å². The van der Waals surface area contributed by atoms with Gasteiger partial charge in [-0.05, 0) is 37.3 Å². The first-order valence-corrected chi connectivity index (χ1v) is 8.26. The van der Waals surface area contributed by atoms with Crippen LogP contribution in [0.5, 0.6) is 11.5 Å². The molecule has 3 aromatic rings. The number of nitrogen functional groups attached to an aromatic ring is 1. The SMILES string of the molecule is CC.CC(=Nc1cc(O)ccc1N)C(F)(F)F.Oc1ccc2ncncc2c1. The van der Waals surface area contributed by atoms with Crippen LogP contribution in [0, 0.1) is 0 Å². The third-order valence-corrected chi connectivity index (χ3v) is 3.20. The normalized spacial score (nSPS) is 11.1. The Kier molecular flexibility index (Phi) is 8.18. The number of phenols is 2. The number of aliphatic imine (C=N–C) groups is 1. The van der Waals surface area contributed by atoms with Crippen LogP contribution in [0.15, 0.2) is 53.9 Å². The second-order valence-corrected chi connectivity index (χ2v) is 5.20. The number of nitrogens with zero attached hydrogens (tertiary/aromatic N) is 3. The Labute approximate surface area is 160 Å². The van der Waals surface area contributed by atoms with Gasteiger partial charge in [-0.1, -0.05) is 13.8 Å². The second-order valence-electron chi connectivity index (χ2n) is 5.20. The summed E-state index contributed by atoms with van der Waals surface area (Å²) in [6, 6.07) is 8.64. The molecule has 2 aromatic carbocycles. The highest BCUT2D eigenvalue weighted by molar-refractivity contribution is 5.91. The van der Waals surface area contributed by atoms with Crippen LogP contribution in [0.4, 0.5) is 24.5 Å². The number of rotatable bonds is 1. The number of aromatic nitrogens is 2. The Bertz CT molecular complexity index is 944. The molecule has 0 unspecified atom stereocenters. The van der Waals surface area contributed by atoms with Gasteiger partial charge in [-0.25, -0.2) is 15.0 Å². The maximum Gasteiger partial charge on any atom is 0.429 e. The van der Waals surface area contributed by atoms with Crippen LogP contribution < -0.4 is 5.73 Å². The Morgan fingerprint density at radius 3 is 2.29 bits per heavy atom. The van der Waals surface area contributed by atoms with Gasteiger partial charge < -0.3 is 15.9 Å². The van der Waals surface area contributed by atoms with E-state index < -0.39 is 11.9 Å². The van der Waals surface area contributed by atoms with Crippen LogP contribution in [-0.4, -0.2) is 32.1 Å². The largest absolute Gasteiger partial charge is 0.508 e. The Morgan fingerprint density at radius 1 is 1.04 bits per heavy atom.